The molecule has 4 nitrogen and oxygen atoms in total. The van der Waals surface area contributed by atoms with Crippen molar-refractivity contribution in [2.75, 3.05) is 19.6 Å². The van der Waals surface area contributed by atoms with E-state index in [0.29, 0.717) is 18.7 Å². The van der Waals surface area contributed by atoms with Crippen LogP contribution in [0.2, 0.25) is 0 Å². The number of piperidine rings is 1. The predicted octanol–water partition coefficient (Wildman–Crippen LogP) is 4.79. The van der Waals surface area contributed by atoms with Crippen LogP contribution in [0.3, 0.4) is 0 Å². The van der Waals surface area contributed by atoms with Crippen LogP contribution in [0, 0.1) is 5.82 Å². The molecule has 2 heterocycles. The maximum atomic E-state index is 13.9. The number of hydrogen-bond acceptors (Lipinski definition) is 3. The summed E-state index contributed by atoms with van der Waals surface area (Å²) in [5.41, 5.74) is -0.113. The average molecular weight is 450 g/mol. The third-order valence-corrected chi connectivity index (χ3v) is 6.42. The van der Waals surface area contributed by atoms with Gasteiger partial charge in [0.1, 0.15) is 5.82 Å². The van der Waals surface area contributed by atoms with E-state index in [1.54, 1.807) is 12.1 Å². The Morgan fingerprint density at radius 2 is 1.75 bits per heavy atom. The second-order valence-corrected chi connectivity index (χ2v) is 8.61. The van der Waals surface area contributed by atoms with Gasteiger partial charge in [0.05, 0.1) is 17.3 Å². The Kier molecular flexibility index (Phi) is 6.53. The molecule has 1 amide bonds. The van der Waals surface area contributed by atoms with Gasteiger partial charge >= 0.3 is 6.18 Å². The van der Waals surface area contributed by atoms with Gasteiger partial charge < -0.3 is 10.1 Å². The molecule has 0 aromatic heterocycles. The largest absolute Gasteiger partial charge is 0.416 e. The molecule has 8 heteroatoms. The first kappa shape index (κ1) is 22.7. The molecule has 2 saturated heterocycles. The molecule has 1 N–H and O–H groups in total. The molecular formula is C24H26F4N2O2. The van der Waals surface area contributed by atoms with Crippen molar-refractivity contribution >= 4 is 5.91 Å². The van der Waals surface area contributed by atoms with Gasteiger partial charge in [0.2, 0.25) is 0 Å². The van der Waals surface area contributed by atoms with Gasteiger partial charge in [0, 0.05) is 37.3 Å². The zero-order valence-corrected chi connectivity index (χ0v) is 17.6. The lowest BCUT2D eigenvalue weighted by atomic mass is 9.88. The highest BCUT2D eigenvalue weighted by Crippen LogP contribution is 2.39. The van der Waals surface area contributed by atoms with Gasteiger partial charge in [-0.05, 0) is 56.0 Å². The molecule has 0 radical (unpaired) electrons. The van der Waals surface area contributed by atoms with Crippen molar-refractivity contribution < 1.29 is 27.1 Å². The first-order valence-corrected chi connectivity index (χ1v) is 10.8. The van der Waals surface area contributed by atoms with E-state index < -0.39 is 17.6 Å². The van der Waals surface area contributed by atoms with Gasteiger partial charge in [-0.15, -0.1) is 0 Å². The molecule has 2 fully saturated rings. The fourth-order valence-corrected chi connectivity index (χ4v) is 4.51. The van der Waals surface area contributed by atoms with Gasteiger partial charge in [-0.1, -0.05) is 18.2 Å². The number of rotatable bonds is 5. The van der Waals surface area contributed by atoms with Gasteiger partial charge in [0.15, 0.2) is 0 Å². The van der Waals surface area contributed by atoms with Crippen LogP contribution in [0.1, 0.15) is 47.2 Å². The van der Waals surface area contributed by atoms with Crippen LogP contribution in [0.25, 0.3) is 0 Å². The maximum absolute atomic E-state index is 13.9. The van der Waals surface area contributed by atoms with Crippen molar-refractivity contribution in [3.63, 3.8) is 0 Å². The van der Waals surface area contributed by atoms with Crippen LogP contribution in [0.5, 0.6) is 0 Å². The Hall–Kier alpha value is -2.45. The highest BCUT2D eigenvalue weighted by atomic mass is 19.4. The van der Waals surface area contributed by atoms with Crippen LogP contribution >= 0.6 is 0 Å². The molecule has 32 heavy (non-hydrogen) atoms. The van der Waals surface area contributed by atoms with E-state index in [9.17, 15) is 22.4 Å². The average Bonchev–Trinajstić information content (AvgIpc) is 3.17. The summed E-state index contributed by atoms with van der Waals surface area (Å²) < 4.78 is 58.2. The molecule has 1 spiro atoms. The fraction of sp³-hybridized carbons (Fsp3) is 0.458. The molecule has 0 bridgehead atoms. The number of alkyl halides is 3. The Labute approximate surface area is 184 Å². The van der Waals surface area contributed by atoms with Gasteiger partial charge in [-0.3, -0.25) is 9.69 Å². The number of carbonyl (C=O) groups is 1. The first-order chi connectivity index (χ1) is 15.2. The minimum absolute atomic E-state index is 0.119. The number of hydrogen-bond donors (Lipinski definition) is 1. The maximum Gasteiger partial charge on any atom is 0.416 e. The minimum atomic E-state index is -4.42. The number of amides is 1. The van der Waals surface area contributed by atoms with Crippen molar-refractivity contribution in [1.29, 1.82) is 0 Å². The SMILES string of the molecule is O=C(NC[C@H]1CCC2(CCN(Cc3ccccc3F)CC2)O1)c1ccc(C(F)(F)F)cc1. The Balaban J connectivity index is 1.23. The Morgan fingerprint density at radius 3 is 2.41 bits per heavy atom. The minimum Gasteiger partial charge on any atom is -0.370 e. The summed E-state index contributed by atoms with van der Waals surface area (Å²) in [7, 11) is 0. The third-order valence-electron chi connectivity index (χ3n) is 6.42. The van der Waals surface area contributed by atoms with Gasteiger partial charge in [-0.2, -0.15) is 13.2 Å². The number of nitrogens with one attached hydrogen (secondary N) is 1. The number of carbonyl (C=O) groups excluding carboxylic acids is 1. The second-order valence-electron chi connectivity index (χ2n) is 8.61. The van der Waals surface area contributed by atoms with E-state index in [-0.39, 0.29) is 23.1 Å². The van der Waals surface area contributed by atoms with Crippen molar-refractivity contribution in [2.24, 2.45) is 0 Å². The zero-order valence-electron chi connectivity index (χ0n) is 17.6. The summed E-state index contributed by atoms with van der Waals surface area (Å²) in [6.07, 6.45) is -1.12. The summed E-state index contributed by atoms with van der Waals surface area (Å²) in [5.74, 6) is -0.600. The third kappa shape index (κ3) is 5.30. The van der Waals surface area contributed by atoms with E-state index in [1.807, 2.05) is 6.07 Å². The molecule has 0 unspecified atom stereocenters. The van der Waals surface area contributed by atoms with Crippen molar-refractivity contribution in [2.45, 2.75) is 50.1 Å². The fourth-order valence-electron chi connectivity index (χ4n) is 4.51. The molecule has 0 saturated carbocycles. The highest BCUT2D eigenvalue weighted by Gasteiger charge is 2.42. The van der Waals surface area contributed by atoms with Crippen LogP contribution in [0.4, 0.5) is 17.6 Å². The monoisotopic (exact) mass is 450 g/mol. The number of benzene rings is 2. The highest BCUT2D eigenvalue weighted by molar-refractivity contribution is 5.94. The number of ether oxygens (including phenoxy) is 1. The molecule has 2 aliphatic heterocycles. The lowest BCUT2D eigenvalue weighted by Crippen LogP contribution is -2.45. The molecule has 1 atom stereocenters. The lowest BCUT2D eigenvalue weighted by molar-refractivity contribution is -0.137. The number of likely N-dealkylation sites (tertiary alicyclic amines) is 1. The van der Waals surface area contributed by atoms with Gasteiger partial charge in [0.25, 0.3) is 5.91 Å². The van der Waals surface area contributed by atoms with E-state index in [0.717, 1.165) is 50.9 Å². The summed E-state index contributed by atoms with van der Waals surface area (Å²) in [6, 6.07) is 11.0. The standard InChI is InChI=1S/C24H26F4N2O2/c25-21-4-2-1-3-18(21)16-30-13-11-23(12-14-30)10-9-20(32-23)15-29-22(31)17-5-7-19(8-6-17)24(26,27)28/h1-8,20H,9-16H2,(H,29,31)/t20-/m1/s1. The van der Waals surface area contributed by atoms with Gasteiger partial charge in [-0.25, -0.2) is 4.39 Å². The van der Waals surface area contributed by atoms with Crippen molar-refractivity contribution in [3.8, 4) is 0 Å². The van der Waals surface area contributed by atoms with Crippen LogP contribution in [-0.2, 0) is 17.5 Å². The summed E-state index contributed by atoms with van der Waals surface area (Å²) >= 11 is 0. The predicted molar refractivity (Wildman–Crippen MR) is 112 cm³/mol. The van der Waals surface area contributed by atoms with Crippen LogP contribution in [-0.4, -0.2) is 42.1 Å². The molecular weight excluding hydrogens is 424 g/mol. The van der Waals surface area contributed by atoms with Crippen molar-refractivity contribution in [1.82, 2.24) is 10.2 Å². The molecule has 2 aliphatic rings. The topological polar surface area (TPSA) is 41.6 Å². The van der Waals surface area contributed by atoms with E-state index in [4.69, 9.17) is 4.74 Å². The summed E-state index contributed by atoms with van der Waals surface area (Å²) in [4.78, 5) is 14.5. The molecule has 2 aromatic rings. The normalized spacial score (nSPS) is 21.1. The molecule has 2 aromatic carbocycles. The molecule has 0 aliphatic carbocycles. The number of nitrogens with zero attached hydrogens (tertiary/aromatic N) is 1. The van der Waals surface area contributed by atoms with E-state index in [1.165, 1.54) is 18.2 Å². The Bertz CT molecular complexity index is 938. The quantitative estimate of drug-likeness (QED) is 0.667. The second kappa shape index (κ2) is 9.19. The molecule has 4 rings (SSSR count). The van der Waals surface area contributed by atoms with E-state index >= 15 is 0 Å². The van der Waals surface area contributed by atoms with Crippen molar-refractivity contribution in [3.05, 3.63) is 71.0 Å². The zero-order chi connectivity index (χ0) is 22.8. The summed E-state index contributed by atoms with van der Waals surface area (Å²) in [5, 5.41) is 2.77. The van der Waals surface area contributed by atoms with Crippen LogP contribution in [0.15, 0.2) is 48.5 Å². The number of halogens is 4. The van der Waals surface area contributed by atoms with E-state index in [2.05, 4.69) is 10.2 Å². The lowest BCUT2D eigenvalue weighted by Gasteiger charge is -2.39. The van der Waals surface area contributed by atoms with Crippen LogP contribution < -0.4 is 5.32 Å². The summed E-state index contributed by atoms with van der Waals surface area (Å²) in [6.45, 7) is 2.54. The first-order valence-electron chi connectivity index (χ1n) is 10.8. The molecule has 172 valence electrons. The Morgan fingerprint density at radius 1 is 1.06 bits per heavy atom. The smallest absolute Gasteiger partial charge is 0.370 e.